The first-order valence-corrected chi connectivity index (χ1v) is 8.18. The Kier molecular flexibility index (Phi) is 6.11. The van der Waals surface area contributed by atoms with E-state index in [4.69, 9.17) is 0 Å². The molecular formula is C19H23N3O3. The Morgan fingerprint density at radius 2 is 1.76 bits per heavy atom. The Labute approximate surface area is 146 Å². The molecule has 0 aliphatic rings. The molecule has 2 amide bonds. The van der Waals surface area contributed by atoms with Gasteiger partial charge in [0.05, 0.1) is 0 Å². The van der Waals surface area contributed by atoms with Crippen LogP contribution in [-0.4, -0.2) is 23.3 Å². The molecule has 0 aliphatic carbocycles. The summed E-state index contributed by atoms with van der Waals surface area (Å²) in [6, 6.07) is 9.09. The first kappa shape index (κ1) is 18.4. The molecule has 132 valence electrons. The first-order valence-electron chi connectivity index (χ1n) is 8.18. The molecule has 0 bridgehead atoms. The van der Waals surface area contributed by atoms with Crippen molar-refractivity contribution in [1.82, 2.24) is 15.6 Å². The lowest BCUT2D eigenvalue weighted by Crippen LogP contribution is -2.28. The van der Waals surface area contributed by atoms with E-state index >= 15 is 0 Å². The number of aromatic amines is 1. The van der Waals surface area contributed by atoms with Crippen molar-refractivity contribution in [2.45, 2.75) is 33.7 Å². The van der Waals surface area contributed by atoms with Crippen LogP contribution >= 0.6 is 0 Å². The van der Waals surface area contributed by atoms with E-state index in [2.05, 4.69) is 15.6 Å². The van der Waals surface area contributed by atoms with Crippen molar-refractivity contribution in [3.8, 4) is 0 Å². The second-order valence-corrected chi connectivity index (χ2v) is 6.06. The average Bonchev–Trinajstić information content (AvgIpc) is 2.54. The maximum atomic E-state index is 12.2. The van der Waals surface area contributed by atoms with Crippen LogP contribution < -0.4 is 16.2 Å². The van der Waals surface area contributed by atoms with Crippen LogP contribution in [0.1, 0.15) is 39.7 Å². The van der Waals surface area contributed by atoms with Gasteiger partial charge >= 0.3 is 0 Å². The second-order valence-electron chi connectivity index (χ2n) is 6.06. The van der Waals surface area contributed by atoms with E-state index in [1.165, 1.54) is 6.92 Å². The topological polar surface area (TPSA) is 91.1 Å². The van der Waals surface area contributed by atoms with Crippen molar-refractivity contribution in [3.05, 3.63) is 68.6 Å². The fraction of sp³-hybridized carbons (Fsp3) is 0.316. The number of carbonyl (C=O) groups is 2. The summed E-state index contributed by atoms with van der Waals surface area (Å²) in [6.45, 7) is 5.91. The minimum absolute atomic E-state index is 0.0580. The van der Waals surface area contributed by atoms with E-state index < -0.39 is 0 Å². The number of amides is 2. The van der Waals surface area contributed by atoms with Gasteiger partial charge in [-0.2, -0.15) is 0 Å². The fourth-order valence-electron chi connectivity index (χ4n) is 2.58. The van der Waals surface area contributed by atoms with Crippen molar-refractivity contribution < 1.29 is 9.59 Å². The predicted octanol–water partition coefficient (Wildman–Crippen LogP) is 1.60. The molecule has 0 spiro atoms. The summed E-state index contributed by atoms with van der Waals surface area (Å²) in [5.41, 5.74) is 3.61. The van der Waals surface area contributed by atoms with Crippen molar-refractivity contribution in [1.29, 1.82) is 0 Å². The molecule has 0 saturated heterocycles. The van der Waals surface area contributed by atoms with Crippen molar-refractivity contribution in [2.75, 3.05) is 6.54 Å². The third kappa shape index (κ3) is 5.31. The van der Waals surface area contributed by atoms with E-state index in [1.807, 2.05) is 32.0 Å². The number of benzene rings is 1. The highest BCUT2D eigenvalue weighted by Crippen LogP contribution is 2.07. The van der Waals surface area contributed by atoms with Gasteiger partial charge in [-0.3, -0.25) is 14.4 Å². The second kappa shape index (κ2) is 8.28. The lowest BCUT2D eigenvalue weighted by molar-refractivity contribution is -0.118. The van der Waals surface area contributed by atoms with Gasteiger partial charge < -0.3 is 15.6 Å². The molecule has 0 fully saturated rings. The molecule has 0 atom stereocenters. The zero-order valence-electron chi connectivity index (χ0n) is 14.7. The normalized spacial score (nSPS) is 10.4. The molecule has 2 aromatic rings. The van der Waals surface area contributed by atoms with E-state index in [1.54, 1.807) is 12.1 Å². The van der Waals surface area contributed by atoms with Gasteiger partial charge in [0.25, 0.3) is 11.5 Å². The molecule has 0 saturated carbocycles. The number of hydrogen-bond acceptors (Lipinski definition) is 3. The van der Waals surface area contributed by atoms with Gasteiger partial charge in [0.1, 0.15) is 0 Å². The van der Waals surface area contributed by atoms with Gasteiger partial charge in [-0.05, 0) is 49.6 Å². The summed E-state index contributed by atoms with van der Waals surface area (Å²) in [6.07, 6.45) is 0.708. The maximum Gasteiger partial charge on any atom is 0.253 e. The average molecular weight is 341 g/mol. The number of nitrogens with one attached hydrogen (secondary N) is 3. The minimum atomic E-state index is -0.229. The zero-order valence-corrected chi connectivity index (χ0v) is 14.7. The molecule has 0 radical (unpaired) electrons. The Morgan fingerprint density at radius 3 is 2.36 bits per heavy atom. The molecule has 25 heavy (non-hydrogen) atoms. The third-order valence-corrected chi connectivity index (χ3v) is 3.92. The van der Waals surface area contributed by atoms with E-state index in [0.717, 1.165) is 16.8 Å². The lowest BCUT2D eigenvalue weighted by atomic mass is 10.1. The van der Waals surface area contributed by atoms with Gasteiger partial charge in [0, 0.05) is 36.8 Å². The molecule has 6 heteroatoms. The monoisotopic (exact) mass is 341 g/mol. The summed E-state index contributed by atoms with van der Waals surface area (Å²) < 4.78 is 0. The summed E-state index contributed by atoms with van der Waals surface area (Å²) in [5, 5.41) is 5.51. The molecule has 6 nitrogen and oxygen atoms in total. The highest BCUT2D eigenvalue weighted by Gasteiger charge is 2.09. The number of pyridine rings is 1. The molecule has 2 rings (SSSR count). The molecule has 3 N–H and O–H groups in total. The van der Waals surface area contributed by atoms with Crippen LogP contribution in [0.3, 0.4) is 0 Å². The molecule has 0 aliphatic heterocycles. The van der Waals surface area contributed by atoms with Gasteiger partial charge in [-0.15, -0.1) is 0 Å². The summed E-state index contributed by atoms with van der Waals surface area (Å²) >= 11 is 0. The van der Waals surface area contributed by atoms with Crippen LogP contribution in [0.25, 0.3) is 0 Å². The standard InChI is InChI=1S/C19H23N3O3/c1-12-10-13(2)22-19(25)17(12)11-21-18(24)16-6-4-15(5-7-16)8-9-20-14(3)23/h4-7,10H,8-9,11H2,1-3H3,(H,20,23)(H,21,24)(H,22,25). The van der Waals surface area contributed by atoms with Gasteiger partial charge in [-0.1, -0.05) is 12.1 Å². The Hall–Kier alpha value is -2.89. The SMILES string of the molecule is CC(=O)NCCc1ccc(C(=O)NCc2c(C)cc(C)[nH]c2=O)cc1. The highest BCUT2D eigenvalue weighted by atomic mass is 16.2. The molecular weight excluding hydrogens is 318 g/mol. The zero-order chi connectivity index (χ0) is 18.4. The largest absolute Gasteiger partial charge is 0.356 e. The number of H-pyrrole nitrogens is 1. The highest BCUT2D eigenvalue weighted by molar-refractivity contribution is 5.94. The lowest BCUT2D eigenvalue weighted by Gasteiger charge is -2.09. The maximum absolute atomic E-state index is 12.2. The van der Waals surface area contributed by atoms with Gasteiger partial charge in [0.2, 0.25) is 5.91 Å². The molecule has 1 heterocycles. The smallest absolute Gasteiger partial charge is 0.253 e. The molecule has 1 aromatic carbocycles. The predicted molar refractivity (Wildman–Crippen MR) is 96.5 cm³/mol. The summed E-state index contributed by atoms with van der Waals surface area (Å²) in [4.78, 5) is 37.8. The van der Waals surface area contributed by atoms with E-state index in [-0.39, 0.29) is 23.9 Å². The number of rotatable bonds is 6. The van der Waals surface area contributed by atoms with Crippen LogP contribution in [0.2, 0.25) is 0 Å². The Bertz CT molecular complexity index is 823. The Morgan fingerprint density at radius 1 is 1.08 bits per heavy atom. The Balaban J connectivity index is 1.95. The number of hydrogen-bond donors (Lipinski definition) is 3. The number of carbonyl (C=O) groups excluding carboxylic acids is 2. The van der Waals surface area contributed by atoms with Crippen LogP contribution in [-0.2, 0) is 17.8 Å². The number of aromatic nitrogens is 1. The van der Waals surface area contributed by atoms with Gasteiger partial charge in [0.15, 0.2) is 0 Å². The van der Waals surface area contributed by atoms with Crippen LogP contribution in [0.4, 0.5) is 0 Å². The van der Waals surface area contributed by atoms with Crippen molar-refractivity contribution >= 4 is 11.8 Å². The van der Waals surface area contributed by atoms with Crippen LogP contribution in [0.15, 0.2) is 35.1 Å². The minimum Gasteiger partial charge on any atom is -0.356 e. The molecule has 0 unspecified atom stereocenters. The summed E-state index contributed by atoms with van der Waals surface area (Å²) in [7, 11) is 0. The number of aryl methyl sites for hydroxylation is 2. The quantitative estimate of drug-likeness (QED) is 0.745. The molecule has 1 aromatic heterocycles. The van der Waals surface area contributed by atoms with E-state index in [0.29, 0.717) is 24.1 Å². The van der Waals surface area contributed by atoms with Crippen LogP contribution in [0, 0.1) is 13.8 Å². The fourth-order valence-corrected chi connectivity index (χ4v) is 2.58. The summed E-state index contributed by atoms with van der Waals surface area (Å²) in [5.74, 6) is -0.287. The van der Waals surface area contributed by atoms with E-state index in [9.17, 15) is 14.4 Å². The first-order chi connectivity index (χ1) is 11.9. The van der Waals surface area contributed by atoms with Crippen LogP contribution in [0.5, 0.6) is 0 Å². The van der Waals surface area contributed by atoms with Gasteiger partial charge in [-0.25, -0.2) is 0 Å². The van der Waals surface area contributed by atoms with Crippen molar-refractivity contribution in [3.63, 3.8) is 0 Å². The van der Waals surface area contributed by atoms with Crippen molar-refractivity contribution in [2.24, 2.45) is 0 Å². The third-order valence-electron chi connectivity index (χ3n) is 3.92.